The van der Waals surface area contributed by atoms with E-state index in [1.54, 1.807) is 0 Å². The zero-order valence-electron chi connectivity index (χ0n) is 10.1. The van der Waals surface area contributed by atoms with Gasteiger partial charge in [0.05, 0.1) is 5.92 Å². The second-order valence-corrected chi connectivity index (χ2v) is 5.13. The van der Waals surface area contributed by atoms with E-state index >= 15 is 0 Å². The average molecular weight is 279 g/mol. The number of hydrogen-bond donors (Lipinski definition) is 1. The Bertz CT molecular complexity index is 440. The highest BCUT2D eigenvalue weighted by Gasteiger charge is 2.45. The van der Waals surface area contributed by atoms with Gasteiger partial charge in [0.2, 0.25) is 0 Å². The molecule has 0 heterocycles. The summed E-state index contributed by atoms with van der Waals surface area (Å²) in [6.45, 7) is 0. The van der Waals surface area contributed by atoms with Gasteiger partial charge < -0.3 is 5.73 Å². The van der Waals surface area contributed by atoms with Crippen LogP contribution < -0.4 is 5.73 Å². The van der Waals surface area contributed by atoms with Crippen molar-refractivity contribution < 1.29 is 22.0 Å². The number of nitrogens with two attached hydrogens (primary N) is 1. The first-order chi connectivity index (χ1) is 8.71. The zero-order chi connectivity index (χ0) is 14.3. The molecule has 19 heavy (non-hydrogen) atoms. The molecule has 0 saturated heterocycles. The van der Waals surface area contributed by atoms with Crippen LogP contribution >= 0.6 is 0 Å². The van der Waals surface area contributed by atoms with Crippen LogP contribution in [-0.2, 0) is 5.54 Å². The van der Waals surface area contributed by atoms with Gasteiger partial charge in [0.25, 0.3) is 0 Å². The molecule has 1 fully saturated rings. The predicted octanol–water partition coefficient (Wildman–Crippen LogP) is 3.87. The van der Waals surface area contributed by atoms with E-state index in [0.29, 0.717) is 6.07 Å². The lowest BCUT2D eigenvalue weighted by molar-refractivity contribution is -0.184. The SMILES string of the molecule is NC1(c2cc(F)cc(F)c2)CCC(C(F)(F)F)CC1. The van der Waals surface area contributed by atoms with Crippen LogP contribution in [-0.4, -0.2) is 6.18 Å². The highest BCUT2D eigenvalue weighted by atomic mass is 19.4. The Morgan fingerprint density at radius 3 is 1.89 bits per heavy atom. The highest BCUT2D eigenvalue weighted by Crippen LogP contribution is 2.44. The molecule has 1 aromatic carbocycles. The van der Waals surface area contributed by atoms with Crippen molar-refractivity contribution >= 4 is 0 Å². The summed E-state index contributed by atoms with van der Waals surface area (Å²) >= 11 is 0. The van der Waals surface area contributed by atoms with E-state index < -0.39 is 29.3 Å². The third-order valence-corrected chi connectivity index (χ3v) is 3.78. The van der Waals surface area contributed by atoms with Gasteiger partial charge in [-0.25, -0.2) is 8.78 Å². The van der Waals surface area contributed by atoms with E-state index in [-0.39, 0.29) is 31.2 Å². The van der Waals surface area contributed by atoms with Gasteiger partial charge in [-0.1, -0.05) is 0 Å². The number of benzene rings is 1. The van der Waals surface area contributed by atoms with Gasteiger partial charge >= 0.3 is 6.18 Å². The van der Waals surface area contributed by atoms with Crippen molar-refractivity contribution in [3.63, 3.8) is 0 Å². The van der Waals surface area contributed by atoms with E-state index in [1.807, 2.05) is 0 Å². The smallest absolute Gasteiger partial charge is 0.321 e. The Morgan fingerprint density at radius 1 is 1.00 bits per heavy atom. The Kier molecular flexibility index (Phi) is 3.55. The largest absolute Gasteiger partial charge is 0.391 e. The van der Waals surface area contributed by atoms with Crippen LogP contribution in [0.2, 0.25) is 0 Å². The van der Waals surface area contributed by atoms with Gasteiger partial charge in [0, 0.05) is 11.6 Å². The highest BCUT2D eigenvalue weighted by molar-refractivity contribution is 5.26. The molecule has 0 aromatic heterocycles. The molecular formula is C13H14F5N. The summed E-state index contributed by atoms with van der Waals surface area (Å²) in [5.74, 6) is -2.90. The molecule has 1 saturated carbocycles. The van der Waals surface area contributed by atoms with Gasteiger partial charge in [-0.2, -0.15) is 13.2 Å². The minimum absolute atomic E-state index is 0.0695. The van der Waals surface area contributed by atoms with Crippen molar-refractivity contribution in [2.75, 3.05) is 0 Å². The van der Waals surface area contributed by atoms with Crippen LogP contribution in [0.3, 0.4) is 0 Å². The Hall–Kier alpha value is -1.17. The Balaban J connectivity index is 2.18. The predicted molar refractivity (Wildman–Crippen MR) is 60.2 cm³/mol. The van der Waals surface area contributed by atoms with Crippen molar-refractivity contribution in [3.05, 3.63) is 35.4 Å². The first kappa shape index (κ1) is 14.2. The van der Waals surface area contributed by atoms with Crippen LogP contribution in [0.1, 0.15) is 31.2 Å². The van der Waals surface area contributed by atoms with Crippen molar-refractivity contribution in [1.29, 1.82) is 0 Å². The minimum atomic E-state index is -4.23. The molecule has 6 heteroatoms. The minimum Gasteiger partial charge on any atom is -0.321 e. The first-order valence-corrected chi connectivity index (χ1v) is 6.03. The maximum atomic E-state index is 13.1. The van der Waals surface area contributed by atoms with Gasteiger partial charge in [0.1, 0.15) is 11.6 Å². The van der Waals surface area contributed by atoms with Crippen LogP contribution in [0.4, 0.5) is 22.0 Å². The fraction of sp³-hybridized carbons (Fsp3) is 0.538. The molecule has 0 amide bonds. The topological polar surface area (TPSA) is 26.0 Å². The first-order valence-electron chi connectivity index (χ1n) is 6.03. The number of hydrogen-bond acceptors (Lipinski definition) is 1. The Labute approximate surface area is 107 Å². The van der Waals surface area contributed by atoms with Gasteiger partial charge in [0.15, 0.2) is 0 Å². The molecule has 0 unspecified atom stereocenters. The lowest BCUT2D eigenvalue weighted by atomic mass is 9.73. The summed E-state index contributed by atoms with van der Waals surface area (Å²) in [7, 11) is 0. The molecule has 0 radical (unpaired) electrons. The van der Waals surface area contributed by atoms with Gasteiger partial charge in [-0.15, -0.1) is 0 Å². The van der Waals surface area contributed by atoms with Gasteiger partial charge in [-0.3, -0.25) is 0 Å². The number of rotatable bonds is 1. The lowest BCUT2D eigenvalue weighted by Gasteiger charge is -2.38. The molecule has 1 aliphatic carbocycles. The summed E-state index contributed by atoms with van der Waals surface area (Å²) in [5.41, 5.74) is 5.17. The van der Waals surface area contributed by atoms with E-state index in [0.717, 1.165) is 12.1 Å². The fourth-order valence-electron chi connectivity index (χ4n) is 2.59. The van der Waals surface area contributed by atoms with Crippen LogP contribution in [0.5, 0.6) is 0 Å². The van der Waals surface area contributed by atoms with E-state index in [1.165, 1.54) is 0 Å². The average Bonchev–Trinajstić information content (AvgIpc) is 2.27. The summed E-state index contributed by atoms with van der Waals surface area (Å²) in [5, 5.41) is 0. The van der Waals surface area contributed by atoms with Crippen molar-refractivity contribution in [2.24, 2.45) is 11.7 Å². The molecule has 0 atom stereocenters. The molecule has 106 valence electrons. The molecule has 0 aliphatic heterocycles. The Morgan fingerprint density at radius 2 is 1.47 bits per heavy atom. The monoisotopic (exact) mass is 279 g/mol. The molecule has 2 N–H and O–H groups in total. The van der Waals surface area contributed by atoms with Crippen LogP contribution in [0.25, 0.3) is 0 Å². The maximum Gasteiger partial charge on any atom is 0.391 e. The van der Waals surface area contributed by atoms with Crippen LogP contribution in [0.15, 0.2) is 18.2 Å². The second kappa shape index (κ2) is 4.74. The molecule has 1 aromatic rings. The quantitative estimate of drug-likeness (QED) is 0.776. The van der Waals surface area contributed by atoms with E-state index in [4.69, 9.17) is 5.73 Å². The van der Waals surface area contributed by atoms with Crippen molar-refractivity contribution in [3.8, 4) is 0 Å². The summed E-state index contributed by atoms with van der Waals surface area (Å²) in [6.07, 6.45) is -4.31. The summed E-state index contributed by atoms with van der Waals surface area (Å²) in [6, 6.07) is 2.90. The third kappa shape index (κ3) is 3.05. The molecule has 2 rings (SSSR count). The number of alkyl halides is 3. The zero-order valence-corrected chi connectivity index (χ0v) is 10.1. The molecular weight excluding hydrogens is 265 g/mol. The molecule has 0 spiro atoms. The second-order valence-electron chi connectivity index (χ2n) is 5.13. The maximum absolute atomic E-state index is 13.1. The molecule has 0 bridgehead atoms. The standard InChI is InChI=1S/C13H14F5N/c14-10-5-9(6-11(15)7-10)12(19)3-1-8(2-4-12)13(16,17)18/h5-8H,1-4,19H2. The summed E-state index contributed by atoms with van der Waals surface area (Å²) < 4.78 is 64.0. The van der Waals surface area contributed by atoms with Crippen molar-refractivity contribution in [2.45, 2.75) is 37.4 Å². The third-order valence-electron chi connectivity index (χ3n) is 3.78. The molecule has 1 aliphatic rings. The lowest BCUT2D eigenvalue weighted by Crippen LogP contribution is -2.43. The van der Waals surface area contributed by atoms with E-state index in [2.05, 4.69) is 0 Å². The van der Waals surface area contributed by atoms with Crippen molar-refractivity contribution in [1.82, 2.24) is 0 Å². The molecule has 1 nitrogen and oxygen atoms in total. The normalized spacial score (nSPS) is 28.4. The van der Waals surface area contributed by atoms with Gasteiger partial charge in [-0.05, 0) is 43.4 Å². The fourth-order valence-corrected chi connectivity index (χ4v) is 2.59. The summed E-state index contributed by atoms with van der Waals surface area (Å²) in [4.78, 5) is 0. The number of halogens is 5. The van der Waals surface area contributed by atoms with E-state index in [9.17, 15) is 22.0 Å². The van der Waals surface area contributed by atoms with Crippen LogP contribution in [0, 0.1) is 17.6 Å².